The second-order valence-corrected chi connectivity index (χ2v) is 8.98. The van der Waals surface area contributed by atoms with E-state index in [1.807, 2.05) is 0 Å². The van der Waals surface area contributed by atoms with Crippen LogP contribution in [0.4, 0.5) is 6.01 Å². The Kier molecular flexibility index (Phi) is 5.98. The molecule has 0 amide bonds. The average Bonchev–Trinajstić information content (AvgIpc) is 3.19. The van der Waals surface area contributed by atoms with Gasteiger partial charge in [-0.2, -0.15) is 12.7 Å². The molecule has 0 bridgehead atoms. The highest BCUT2D eigenvalue weighted by molar-refractivity contribution is 7.90. The summed E-state index contributed by atoms with van der Waals surface area (Å²) < 4.78 is 33.9. The maximum absolute atomic E-state index is 13.3. The molecule has 0 aromatic carbocycles. The van der Waals surface area contributed by atoms with Crippen LogP contribution in [0.2, 0.25) is 6.32 Å². The Labute approximate surface area is 162 Å². The van der Waals surface area contributed by atoms with Crippen molar-refractivity contribution >= 4 is 29.3 Å². The predicted molar refractivity (Wildman–Crippen MR) is 98.4 cm³/mol. The number of carboxylic acids is 1. The van der Waals surface area contributed by atoms with Crippen molar-refractivity contribution in [3.63, 3.8) is 0 Å². The zero-order valence-corrected chi connectivity index (χ0v) is 16.0. The average molecular weight is 417 g/mol. The van der Waals surface area contributed by atoms with E-state index in [-0.39, 0.29) is 25.3 Å². The molecule has 0 radical (unpaired) electrons. The van der Waals surface area contributed by atoms with Crippen LogP contribution in [0, 0.1) is 5.92 Å². The number of nitrogens with two attached hydrogens (primary N) is 1. The van der Waals surface area contributed by atoms with Crippen molar-refractivity contribution in [2.75, 3.05) is 30.5 Å². The lowest BCUT2D eigenvalue weighted by molar-refractivity contribution is -0.144. The highest BCUT2D eigenvalue weighted by atomic mass is 32.2. The van der Waals surface area contributed by atoms with Gasteiger partial charge in [0, 0.05) is 32.1 Å². The Morgan fingerprint density at radius 2 is 2.21 bits per heavy atom. The monoisotopic (exact) mass is 417 g/mol. The number of anilines is 1. The van der Waals surface area contributed by atoms with Crippen LogP contribution < -0.4 is 15.4 Å². The van der Waals surface area contributed by atoms with Gasteiger partial charge in [0.25, 0.3) is 0 Å². The maximum Gasteiger partial charge on any atom is 0.451 e. The van der Waals surface area contributed by atoms with Crippen LogP contribution in [0.5, 0.6) is 0 Å². The van der Waals surface area contributed by atoms with Crippen LogP contribution in [-0.4, -0.2) is 83.7 Å². The lowest BCUT2D eigenvalue weighted by atomic mass is 9.78. The zero-order chi connectivity index (χ0) is 20.5. The summed E-state index contributed by atoms with van der Waals surface area (Å²) in [7, 11) is -5.64. The molecule has 28 heavy (non-hydrogen) atoms. The highest BCUT2D eigenvalue weighted by Crippen LogP contribution is 2.34. The van der Waals surface area contributed by atoms with Crippen molar-refractivity contribution in [2.45, 2.75) is 30.7 Å². The summed E-state index contributed by atoms with van der Waals surface area (Å²) in [6.45, 7) is 0.346. The summed E-state index contributed by atoms with van der Waals surface area (Å²) >= 11 is 0. The molecular weight excluding hydrogens is 393 g/mol. The van der Waals surface area contributed by atoms with E-state index in [1.54, 1.807) is 0 Å². The van der Waals surface area contributed by atoms with Crippen molar-refractivity contribution in [1.82, 2.24) is 14.6 Å². The van der Waals surface area contributed by atoms with Gasteiger partial charge in [0.05, 0.1) is 12.2 Å². The van der Waals surface area contributed by atoms with Crippen molar-refractivity contribution in [3.8, 4) is 0 Å². The number of hydrogen-bond donors (Lipinski definition) is 5. The molecule has 2 fully saturated rings. The third-order valence-corrected chi connectivity index (χ3v) is 7.16. The third kappa shape index (κ3) is 3.88. The molecule has 0 aliphatic carbocycles. The number of aromatic nitrogens is 1. The van der Waals surface area contributed by atoms with Gasteiger partial charge in [-0.3, -0.25) is 4.79 Å². The summed E-state index contributed by atoms with van der Waals surface area (Å²) in [4.78, 5) is 15.7. The van der Waals surface area contributed by atoms with Gasteiger partial charge >= 0.3 is 29.3 Å². The minimum absolute atomic E-state index is 0.0507. The van der Waals surface area contributed by atoms with Gasteiger partial charge < -0.3 is 30.6 Å². The second kappa shape index (κ2) is 7.97. The van der Waals surface area contributed by atoms with E-state index in [4.69, 9.17) is 20.2 Å². The van der Waals surface area contributed by atoms with Crippen molar-refractivity contribution in [1.29, 1.82) is 0 Å². The summed E-state index contributed by atoms with van der Waals surface area (Å²) in [5.74, 6) is -1.97. The number of nitrogens with zero attached hydrogens (tertiary/aromatic N) is 3. The van der Waals surface area contributed by atoms with E-state index < -0.39 is 47.3 Å². The summed E-state index contributed by atoms with van der Waals surface area (Å²) in [6, 6.07) is -0.486. The SMILES string of the molecule is N[C@@]1(C(=O)O)CN(S(=O)(=O)N(c2ncco2)C2CNC2)C[C@@H]1CCCB(O)O. The number of nitrogens with one attached hydrogen (secondary N) is 1. The van der Waals surface area contributed by atoms with Crippen LogP contribution in [0.15, 0.2) is 16.9 Å². The van der Waals surface area contributed by atoms with Crippen LogP contribution in [0.1, 0.15) is 12.8 Å². The fraction of sp³-hybridized carbons (Fsp3) is 0.714. The van der Waals surface area contributed by atoms with Crippen LogP contribution in [0.3, 0.4) is 0 Å². The molecule has 0 spiro atoms. The van der Waals surface area contributed by atoms with E-state index in [2.05, 4.69) is 10.3 Å². The van der Waals surface area contributed by atoms with Gasteiger partial charge in [0.1, 0.15) is 11.8 Å². The van der Waals surface area contributed by atoms with Gasteiger partial charge in [-0.25, -0.2) is 9.29 Å². The quantitative estimate of drug-likeness (QED) is 0.273. The highest BCUT2D eigenvalue weighted by Gasteiger charge is 2.54. The predicted octanol–water partition coefficient (Wildman–Crippen LogP) is -2.34. The molecule has 0 saturated carbocycles. The third-order valence-electron chi connectivity index (χ3n) is 5.28. The first-order chi connectivity index (χ1) is 13.2. The largest absolute Gasteiger partial charge is 0.480 e. The molecule has 2 aliphatic heterocycles. The Morgan fingerprint density at radius 1 is 1.50 bits per heavy atom. The van der Waals surface area contributed by atoms with E-state index in [1.165, 1.54) is 12.5 Å². The Bertz CT molecular complexity index is 788. The van der Waals surface area contributed by atoms with Crippen LogP contribution in [0.25, 0.3) is 0 Å². The van der Waals surface area contributed by atoms with Gasteiger partial charge in [0.15, 0.2) is 0 Å². The second-order valence-electron chi connectivity index (χ2n) is 7.18. The number of aliphatic carboxylic acids is 1. The first kappa shape index (κ1) is 21.0. The first-order valence-corrected chi connectivity index (χ1v) is 10.3. The normalized spacial score (nSPS) is 26.2. The molecule has 1 aromatic heterocycles. The number of hydrogen-bond acceptors (Lipinski definition) is 9. The molecule has 2 atom stereocenters. The number of carbonyl (C=O) groups is 1. The standard InChI is InChI=1S/C14H24BN5O7S/c16-14(12(21)22)9-19(8-10(14)2-1-3-15(23)24)28(25,26)20(11-6-17-7-11)13-18-4-5-27-13/h4-5,10-11,17,23-24H,1-3,6-9,16H2,(H,21,22)/t10-,14-/m0/s1. The molecular formula is C14H24BN5O7S. The summed E-state index contributed by atoms with van der Waals surface area (Å²) in [6.07, 6.45) is 3.20. The first-order valence-electron chi connectivity index (χ1n) is 8.94. The topological polar surface area (TPSA) is 182 Å². The number of rotatable bonds is 9. The summed E-state index contributed by atoms with van der Waals surface area (Å²) in [5.41, 5.74) is 4.32. The fourth-order valence-corrected chi connectivity index (χ4v) is 5.35. The van der Waals surface area contributed by atoms with Gasteiger partial charge in [-0.05, 0) is 12.7 Å². The lowest BCUT2D eigenvalue weighted by Crippen LogP contribution is -2.62. The van der Waals surface area contributed by atoms with E-state index in [0.717, 1.165) is 8.61 Å². The molecule has 2 aliphatic rings. The zero-order valence-electron chi connectivity index (χ0n) is 15.1. The number of oxazole rings is 1. The minimum atomic E-state index is -4.13. The van der Waals surface area contributed by atoms with E-state index in [0.29, 0.717) is 19.5 Å². The van der Waals surface area contributed by atoms with E-state index >= 15 is 0 Å². The molecule has 6 N–H and O–H groups in total. The van der Waals surface area contributed by atoms with Crippen LogP contribution >= 0.6 is 0 Å². The molecule has 1 aromatic rings. The van der Waals surface area contributed by atoms with Crippen molar-refractivity contribution < 1.29 is 32.8 Å². The fourth-order valence-electron chi connectivity index (χ4n) is 3.54. The maximum atomic E-state index is 13.3. The molecule has 3 rings (SSSR count). The molecule has 14 heteroatoms. The molecule has 0 unspecified atom stereocenters. The molecule has 12 nitrogen and oxygen atoms in total. The molecule has 2 saturated heterocycles. The van der Waals surface area contributed by atoms with Gasteiger partial charge in [0.2, 0.25) is 0 Å². The Morgan fingerprint density at radius 3 is 2.71 bits per heavy atom. The Balaban J connectivity index is 1.83. The molecule has 156 valence electrons. The smallest absolute Gasteiger partial charge is 0.451 e. The van der Waals surface area contributed by atoms with Gasteiger partial charge in [-0.15, -0.1) is 0 Å². The van der Waals surface area contributed by atoms with Crippen molar-refractivity contribution in [2.24, 2.45) is 11.7 Å². The van der Waals surface area contributed by atoms with Gasteiger partial charge in [-0.1, -0.05) is 6.42 Å². The lowest BCUT2D eigenvalue weighted by Gasteiger charge is -2.38. The minimum Gasteiger partial charge on any atom is -0.480 e. The van der Waals surface area contributed by atoms with Crippen molar-refractivity contribution in [3.05, 3.63) is 12.5 Å². The van der Waals surface area contributed by atoms with E-state index in [9.17, 15) is 18.3 Å². The summed E-state index contributed by atoms with van der Waals surface area (Å²) in [5, 5.41) is 30.6. The number of carboxylic acid groups (broad SMARTS) is 1. The van der Waals surface area contributed by atoms with Crippen LogP contribution in [-0.2, 0) is 15.0 Å². The Hall–Kier alpha value is -1.71. The molecule has 3 heterocycles.